The lowest BCUT2D eigenvalue weighted by Gasteiger charge is -2.20. The molecular weight excluding hydrogens is 430 g/mol. The smallest absolute Gasteiger partial charge is 0.260 e. The van der Waals surface area contributed by atoms with Crippen molar-refractivity contribution in [2.75, 3.05) is 4.90 Å². The maximum absolute atomic E-state index is 13.6. The van der Waals surface area contributed by atoms with Crippen molar-refractivity contribution in [3.8, 4) is 11.5 Å². The van der Waals surface area contributed by atoms with Crippen LogP contribution in [-0.2, 0) is 6.54 Å². The third-order valence-electron chi connectivity index (χ3n) is 5.15. The number of amides is 1. The highest BCUT2D eigenvalue weighted by molar-refractivity contribution is 7.22. The monoisotopic (exact) mass is 451 g/mol. The number of aromatic nitrogens is 2. The maximum Gasteiger partial charge on any atom is 0.260 e. The van der Waals surface area contributed by atoms with E-state index >= 15 is 0 Å². The van der Waals surface area contributed by atoms with E-state index in [4.69, 9.17) is 9.72 Å². The van der Waals surface area contributed by atoms with Crippen LogP contribution in [0.5, 0.6) is 11.5 Å². The molecule has 0 saturated heterocycles. The van der Waals surface area contributed by atoms with Gasteiger partial charge in [0.2, 0.25) is 0 Å². The number of aryl methyl sites for hydroxylation is 1. The van der Waals surface area contributed by atoms with Crippen molar-refractivity contribution in [1.82, 2.24) is 9.97 Å². The lowest BCUT2D eigenvalue weighted by molar-refractivity contribution is 0.0985. The van der Waals surface area contributed by atoms with Crippen molar-refractivity contribution in [1.29, 1.82) is 0 Å². The lowest BCUT2D eigenvalue weighted by atomic mass is 10.1. The standard InChI is InChI=1S/C27H21N3O2S/c1-19-9-14-24-25(16-19)33-27(29-24)30(18-20-6-5-15-28-17-20)26(31)21-10-12-23(13-11-21)32-22-7-3-2-4-8-22/h2-17H,18H2,1H3. The summed E-state index contributed by atoms with van der Waals surface area (Å²) in [6, 6.07) is 26.7. The number of nitrogens with zero attached hydrogens (tertiary/aromatic N) is 3. The number of thiazole rings is 1. The van der Waals surface area contributed by atoms with Crippen LogP contribution in [0.25, 0.3) is 10.2 Å². The van der Waals surface area contributed by atoms with Gasteiger partial charge in [0.25, 0.3) is 5.91 Å². The van der Waals surface area contributed by atoms with Crippen LogP contribution >= 0.6 is 11.3 Å². The van der Waals surface area contributed by atoms with Crippen LogP contribution < -0.4 is 9.64 Å². The van der Waals surface area contributed by atoms with Gasteiger partial charge in [0.15, 0.2) is 5.13 Å². The predicted molar refractivity (Wildman–Crippen MR) is 132 cm³/mol. The number of pyridine rings is 1. The van der Waals surface area contributed by atoms with Gasteiger partial charge in [-0.2, -0.15) is 0 Å². The van der Waals surface area contributed by atoms with Crippen LogP contribution in [-0.4, -0.2) is 15.9 Å². The second kappa shape index (κ2) is 9.22. The Bertz CT molecular complexity index is 1380. The first-order chi connectivity index (χ1) is 16.2. The number of anilines is 1. The molecule has 33 heavy (non-hydrogen) atoms. The normalized spacial score (nSPS) is 10.8. The number of carbonyl (C=O) groups is 1. The van der Waals surface area contributed by atoms with Crippen molar-refractivity contribution in [3.05, 3.63) is 114 Å². The summed E-state index contributed by atoms with van der Waals surface area (Å²) < 4.78 is 6.92. The Balaban J connectivity index is 1.45. The van der Waals surface area contributed by atoms with Crippen LogP contribution in [0.15, 0.2) is 97.3 Å². The fourth-order valence-electron chi connectivity index (χ4n) is 3.48. The largest absolute Gasteiger partial charge is 0.457 e. The van der Waals surface area contributed by atoms with Gasteiger partial charge in [-0.1, -0.05) is 41.7 Å². The second-order valence-corrected chi connectivity index (χ2v) is 8.67. The highest BCUT2D eigenvalue weighted by Crippen LogP contribution is 2.32. The van der Waals surface area contributed by atoms with Gasteiger partial charge in [0.1, 0.15) is 11.5 Å². The van der Waals surface area contributed by atoms with E-state index in [2.05, 4.69) is 18.0 Å². The summed E-state index contributed by atoms with van der Waals surface area (Å²) in [4.78, 5) is 24.3. The van der Waals surface area contributed by atoms with E-state index < -0.39 is 0 Å². The molecular formula is C27H21N3O2S. The Morgan fingerprint density at radius 3 is 2.48 bits per heavy atom. The number of carbonyl (C=O) groups excluding carboxylic acids is 1. The molecule has 0 saturated carbocycles. The molecule has 3 aromatic carbocycles. The molecule has 0 aliphatic rings. The molecule has 0 atom stereocenters. The minimum atomic E-state index is -0.124. The van der Waals surface area contributed by atoms with Gasteiger partial charge >= 0.3 is 0 Å². The summed E-state index contributed by atoms with van der Waals surface area (Å²) in [5.74, 6) is 1.30. The third-order valence-corrected chi connectivity index (χ3v) is 6.19. The van der Waals surface area contributed by atoms with E-state index in [-0.39, 0.29) is 5.91 Å². The molecule has 2 heterocycles. The van der Waals surface area contributed by atoms with Gasteiger partial charge in [-0.05, 0) is 72.6 Å². The van der Waals surface area contributed by atoms with Crippen LogP contribution in [0.4, 0.5) is 5.13 Å². The molecule has 5 nitrogen and oxygen atoms in total. The molecule has 0 unspecified atom stereocenters. The number of para-hydroxylation sites is 1. The molecule has 0 spiro atoms. The minimum absolute atomic E-state index is 0.124. The first-order valence-corrected chi connectivity index (χ1v) is 11.4. The summed E-state index contributed by atoms with van der Waals surface area (Å²) in [7, 11) is 0. The highest BCUT2D eigenvalue weighted by Gasteiger charge is 2.22. The van der Waals surface area contributed by atoms with E-state index in [1.807, 2.05) is 66.7 Å². The van der Waals surface area contributed by atoms with Gasteiger partial charge in [0, 0.05) is 18.0 Å². The SMILES string of the molecule is Cc1ccc2nc(N(Cc3cccnc3)C(=O)c3ccc(Oc4ccccc4)cc3)sc2c1. The Labute approximate surface area is 195 Å². The van der Waals surface area contributed by atoms with Crippen LogP contribution in [0.2, 0.25) is 0 Å². The van der Waals surface area contributed by atoms with E-state index in [1.54, 1.807) is 29.4 Å². The van der Waals surface area contributed by atoms with Crippen molar-refractivity contribution in [3.63, 3.8) is 0 Å². The quantitative estimate of drug-likeness (QED) is 0.290. The molecule has 0 radical (unpaired) electrons. The summed E-state index contributed by atoms with van der Waals surface area (Å²) in [6.45, 7) is 2.43. The molecule has 0 bridgehead atoms. The Morgan fingerprint density at radius 2 is 1.73 bits per heavy atom. The van der Waals surface area contributed by atoms with Crippen molar-refractivity contribution in [2.24, 2.45) is 0 Å². The Morgan fingerprint density at radius 1 is 0.939 bits per heavy atom. The minimum Gasteiger partial charge on any atom is -0.457 e. The average Bonchev–Trinajstić information content (AvgIpc) is 3.27. The first-order valence-electron chi connectivity index (χ1n) is 10.6. The molecule has 6 heteroatoms. The number of rotatable bonds is 6. The molecule has 1 amide bonds. The van der Waals surface area contributed by atoms with Gasteiger partial charge in [-0.25, -0.2) is 4.98 Å². The molecule has 0 fully saturated rings. The highest BCUT2D eigenvalue weighted by atomic mass is 32.1. The topological polar surface area (TPSA) is 55.3 Å². The van der Waals surface area contributed by atoms with Gasteiger partial charge < -0.3 is 4.74 Å². The van der Waals surface area contributed by atoms with E-state index in [0.717, 1.165) is 27.1 Å². The predicted octanol–water partition coefficient (Wildman–Crippen LogP) is 6.64. The van der Waals surface area contributed by atoms with E-state index in [9.17, 15) is 4.79 Å². The van der Waals surface area contributed by atoms with Crippen LogP contribution in [0.1, 0.15) is 21.5 Å². The molecule has 5 aromatic rings. The summed E-state index contributed by atoms with van der Waals surface area (Å²) in [5, 5.41) is 0.661. The summed E-state index contributed by atoms with van der Waals surface area (Å²) in [6.07, 6.45) is 3.50. The van der Waals surface area contributed by atoms with E-state index in [0.29, 0.717) is 23.0 Å². The lowest BCUT2D eigenvalue weighted by Crippen LogP contribution is -2.30. The Kier molecular flexibility index (Phi) is 5.83. The van der Waals surface area contributed by atoms with Crippen LogP contribution in [0, 0.1) is 6.92 Å². The number of hydrogen-bond acceptors (Lipinski definition) is 5. The maximum atomic E-state index is 13.6. The Hall–Kier alpha value is -4.03. The molecule has 0 N–H and O–H groups in total. The zero-order valence-electron chi connectivity index (χ0n) is 18.0. The number of ether oxygens (including phenoxy) is 1. The average molecular weight is 452 g/mol. The van der Waals surface area contributed by atoms with Gasteiger partial charge in [-0.3, -0.25) is 14.7 Å². The molecule has 5 rings (SSSR count). The molecule has 0 aliphatic heterocycles. The summed E-state index contributed by atoms with van der Waals surface area (Å²) in [5.41, 5.74) is 3.55. The molecule has 0 aliphatic carbocycles. The molecule has 162 valence electrons. The van der Waals surface area contributed by atoms with E-state index in [1.165, 1.54) is 11.3 Å². The number of fused-ring (bicyclic) bond motifs is 1. The van der Waals surface area contributed by atoms with Crippen molar-refractivity contribution in [2.45, 2.75) is 13.5 Å². The zero-order chi connectivity index (χ0) is 22.6. The zero-order valence-corrected chi connectivity index (χ0v) is 18.8. The van der Waals surface area contributed by atoms with Gasteiger partial charge in [-0.15, -0.1) is 0 Å². The molecule has 2 aromatic heterocycles. The summed E-state index contributed by atoms with van der Waals surface area (Å²) >= 11 is 1.52. The fraction of sp³-hybridized carbons (Fsp3) is 0.0741. The third kappa shape index (κ3) is 4.76. The number of benzene rings is 3. The van der Waals surface area contributed by atoms with Crippen molar-refractivity contribution >= 4 is 32.6 Å². The first kappa shape index (κ1) is 20.8. The fourth-order valence-corrected chi connectivity index (χ4v) is 4.54. The van der Waals surface area contributed by atoms with Gasteiger partial charge in [0.05, 0.1) is 16.8 Å². The van der Waals surface area contributed by atoms with Crippen molar-refractivity contribution < 1.29 is 9.53 Å². The van der Waals surface area contributed by atoms with Crippen LogP contribution in [0.3, 0.4) is 0 Å². The second-order valence-electron chi connectivity index (χ2n) is 7.66. The number of hydrogen-bond donors (Lipinski definition) is 0.